The Morgan fingerprint density at radius 1 is 0.354 bits per heavy atom. The van der Waals surface area contributed by atoms with Crippen molar-refractivity contribution in [2.75, 3.05) is 14.2 Å². The average Bonchev–Trinajstić information content (AvgIpc) is 3.93. The fourth-order valence-electron chi connectivity index (χ4n) is 13.1. The van der Waals surface area contributed by atoms with Gasteiger partial charge in [0, 0.05) is 69.6 Å². The van der Waals surface area contributed by atoms with E-state index in [0.29, 0.717) is 47.3 Å². The number of ether oxygens (including phenoxy) is 4. The van der Waals surface area contributed by atoms with E-state index in [1.54, 1.807) is 0 Å². The average molecular weight is 627 g/mol. The van der Waals surface area contributed by atoms with Gasteiger partial charge in [0.2, 0.25) is 0 Å². The van der Waals surface area contributed by atoms with Crippen LogP contribution in [0.3, 0.4) is 0 Å². The van der Waals surface area contributed by atoms with Crippen LogP contribution in [0.4, 0.5) is 0 Å². The summed E-state index contributed by atoms with van der Waals surface area (Å²) in [6.07, 6.45) is -0.176. The number of rotatable bonds is 2. The Bertz CT molecular complexity index is 1880. The minimum Gasteiger partial charge on any atom is -0.496 e. The summed E-state index contributed by atoms with van der Waals surface area (Å²) in [5.74, 6) is 4.63. The van der Waals surface area contributed by atoms with Crippen molar-refractivity contribution in [2.24, 2.45) is 23.7 Å². The second-order valence-electron chi connectivity index (χ2n) is 15.4. The molecule has 2 fully saturated rings. The van der Waals surface area contributed by atoms with Gasteiger partial charge in [0.1, 0.15) is 11.5 Å². The fraction of sp³-hybridized carbons (Fsp3) is 0.318. The van der Waals surface area contributed by atoms with Crippen molar-refractivity contribution in [2.45, 2.75) is 48.1 Å². The lowest BCUT2D eigenvalue weighted by atomic mass is 9.49. The van der Waals surface area contributed by atoms with Crippen molar-refractivity contribution >= 4 is 0 Å². The van der Waals surface area contributed by atoms with Gasteiger partial charge in [0.25, 0.3) is 0 Å². The summed E-state index contributed by atoms with van der Waals surface area (Å²) in [5, 5.41) is 0. The van der Waals surface area contributed by atoms with Crippen molar-refractivity contribution in [3.05, 3.63) is 164 Å². The largest absolute Gasteiger partial charge is 0.496 e. The zero-order chi connectivity index (χ0) is 31.2. The normalized spacial score (nSPS) is 36.4. The molecule has 8 atom stereocenters. The Balaban J connectivity index is 1.04. The third-order valence-corrected chi connectivity index (χ3v) is 14.2. The van der Waals surface area contributed by atoms with Gasteiger partial charge in [-0.3, -0.25) is 0 Å². The SMILES string of the molecule is COc1c2c(c(OC)c3c1[C@H]1O[C@@H]3[C@H]3C4c5ccccc5C(c5ccccc54)[C@@H]31)[C@H]1O[C@H]2[C@@H]2C3c4ccccc4C(c4ccccc43)[C@@H]21. The molecule has 5 aromatic carbocycles. The maximum absolute atomic E-state index is 7.26. The molecule has 0 aromatic heterocycles. The predicted octanol–water partition coefficient (Wildman–Crippen LogP) is 9.00. The molecular weight excluding hydrogens is 592 g/mol. The number of methoxy groups -OCH3 is 2. The molecule has 0 amide bonds. The Labute approximate surface area is 279 Å². The third kappa shape index (κ3) is 2.57. The monoisotopic (exact) mass is 626 g/mol. The summed E-state index contributed by atoms with van der Waals surface area (Å²) >= 11 is 0. The van der Waals surface area contributed by atoms with E-state index in [1.165, 1.54) is 66.8 Å². The van der Waals surface area contributed by atoms with E-state index in [2.05, 4.69) is 97.1 Å². The molecule has 6 aliphatic carbocycles. The van der Waals surface area contributed by atoms with E-state index in [-0.39, 0.29) is 24.4 Å². The molecule has 0 spiro atoms. The highest BCUT2D eigenvalue weighted by Gasteiger charge is 2.69. The van der Waals surface area contributed by atoms with Crippen molar-refractivity contribution in [3.63, 3.8) is 0 Å². The summed E-state index contributed by atoms with van der Waals surface area (Å²) in [6, 6.07) is 36.7. The summed E-state index contributed by atoms with van der Waals surface area (Å²) in [6.45, 7) is 0. The molecule has 0 unspecified atom stereocenters. The quantitative estimate of drug-likeness (QED) is 0.196. The highest BCUT2D eigenvalue weighted by atomic mass is 16.5. The van der Waals surface area contributed by atoms with Gasteiger partial charge in [-0.05, 0) is 44.5 Å². The molecule has 234 valence electrons. The molecule has 15 rings (SSSR count). The molecule has 4 aliphatic heterocycles. The fourth-order valence-corrected chi connectivity index (χ4v) is 13.1. The van der Waals surface area contributed by atoms with Crippen LogP contribution in [-0.2, 0) is 9.47 Å². The Kier molecular flexibility index (Phi) is 4.49. The van der Waals surface area contributed by atoms with Crippen LogP contribution in [0.2, 0.25) is 0 Å². The van der Waals surface area contributed by atoms with Crippen LogP contribution >= 0.6 is 0 Å². The number of hydrogen-bond acceptors (Lipinski definition) is 4. The molecule has 0 N–H and O–H groups in total. The summed E-state index contributed by atoms with van der Waals surface area (Å²) < 4.78 is 27.7. The van der Waals surface area contributed by atoms with E-state index < -0.39 is 0 Å². The van der Waals surface area contributed by atoms with E-state index in [9.17, 15) is 0 Å². The van der Waals surface area contributed by atoms with Crippen molar-refractivity contribution in [3.8, 4) is 11.5 Å². The van der Waals surface area contributed by atoms with Gasteiger partial charge in [0.05, 0.1) is 38.6 Å². The van der Waals surface area contributed by atoms with Crippen molar-refractivity contribution in [1.82, 2.24) is 0 Å². The van der Waals surface area contributed by atoms with E-state index in [0.717, 1.165) is 11.5 Å². The molecule has 4 heterocycles. The van der Waals surface area contributed by atoms with Crippen LogP contribution in [0.1, 0.15) is 115 Å². The summed E-state index contributed by atoms with van der Waals surface area (Å²) in [4.78, 5) is 0. The Morgan fingerprint density at radius 3 is 0.750 bits per heavy atom. The van der Waals surface area contributed by atoms with E-state index in [4.69, 9.17) is 18.9 Å². The van der Waals surface area contributed by atoms with Crippen LogP contribution in [0.15, 0.2) is 97.1 Å². The molecular formula is C44H34O4. The molecule has 8 bridgehead atoms. The second-order valence-corrected chi connectivity index (χ2v) is 15.4. The van der Waals surface area contributed by atoms with Crippen molar-refractivity contribution < 1.29 is 18.9 Å². The maximum Gasteiger partial charge on any atom is 0.131 e. The van der Waals surface area contributed by atoms with Gasteiger partial charge in [0.15, 0.2) is 0 Å². The number of hydrogen-bond donors (Lipinski definition) is 0. The first-order valence-corrected chi connectivity index (χ1v) is 17.8. The molecule has 5 aromatic rings. The lowest BCUT2D eigenvalue weighted by Gasteiger charge is -2.52. The van der Waals surface area contributed by atoms with Crippen LogP contribution in [-0.4, -0.2) is 14.2 Å². The standard InChI is InChI=1S/C44H34O4/c1-45-39-35-37(43-33-29-23-15-7-3-11-19(23)27(31(33)41(35)47-43)20-12-4-8-16-24(20)29)40(46-2)38-36(39)42-32-28-21-13-5-9-17-25(21)30(34(32)44(38)48-42)26-18-10-6-14-22(26)28/h3-18,27-34,41-44H,1-2H3/t27?,28?,29?,30?,31-,32-,33-,34+,41+,42-,43-,44-/m0/s1. The van der Waals surface area contributed by atoms with Crippen LogP contribution in [0.25, 0.3) is 0 Å². The topological polar surface area (TPSA) is 36.9 Å². The summed E-state index contributed by atoms with van der Waals surface area (Å²) in [7, 11) is 3.73. The molecule has 0 radical (unpaired) electrons. The van der Waals surface area contributed by atoms with Crippen molar-refractivity contribution in [1.29, 1.82) is 0 Å². The van der Waals surface area contributed by atoms with Gasteiger partial charge in [-0.1, -0.05) is 97.1 Å². The second kappa shape index (κ2) is 8.42. The first kappa shape index (κ1) is 25.6. The highest BCUT2D eigenvalue weighted by Crippen LogP contribution is 2.79. The van der Waals surface area contributed by atoms with Crippen LogP contribution in [0, 0.1) is 23.7 Å². The lowest BCUT2D eigenvalue weighted by Crippen LogP contribution is -2.43. The number of benzene rings is 5. The Morgan fingerprint density at radius 2 is 0.562 bits per heavy atom. The molecule has 4 nitrogen and oxygen atoms in total. The summed E-state index contributed by atoms with van der Waals surface area (Å²) in [5.41, 5.74) is 16.8. The minimum absolute atomic E-state index is 0.0439. The van der Waals surface area contributed by atoms with Gasteiger partial charge >= 0.3 is 0 Å². The van der Waals surface area contributed by atoms with Crippen LogP contribution < -0.4 is 9.47 Å². The molecule has 2 saturated heterocycles. The lowest BCUT2D eigenvalue weighted by molar-refractivity contribution is 0.0466. The first-order valence-electron chi connectivity index (χ1n) is 17.8. The smallest absolute Gasteiger partial charge is 0.131 e. The molecule has 0 saturated carbocycles. The zero-order valence-electron chi connectivity index (χ0n) is 26.8. The minimum atomic E-state index is -0.0439. The molecule has 48 heavy (non-hydrogen) atoms. The first-order chi connectivity index (χ1) is 23.8. The highest BCUT2D eigenvalue weighted by molar-refractivity contribution is 5.71. The zero-order valence-corrected chi connectivity index (χ0v) is 26.8. The van der Waals surface area contributed by atoms with Gasteiger partial charge < -0.3 is 18.9 Å². The van der Waals surface area contributed by atoms with Gasteiger partial charge in [-0.25, -0.2) is 0 Å². The Hall–Kier alpha value is -4.38. The van der Waals surface area contributed by atoms with Crippen LogP contribution in [0.5, 0.6) is 11.5 Å². The van der Waals surface area contributed by atoms with E-state index in [1.807, 2.05) is 14.2 Å². The maximum atomic E-state index is 7.26. The third-order valence-electron chi connectivity index (χ3n) is 14.2. The molecule has 4 heteroatoms. The molecule has 10 aliphatic rings. The number of fused-ring (bicyclic) bond motifs is 10. The van der Waals surface area contributed by atoms with E-state index >= 15 is 0 Å². The predicted molar refractivity (Wildman–Crippen MR) is 180 cm³/mol. The van der Waals surface area contributed by atoms with Gasteiger partial charge in [-0.2, -0.15) is 0 Å². The van der Waals surface area contributed by atoms with Gasteiger partial charge in [-0.15, -0.1) is 0 Å².